The largest absolute Gasteiger partial charge is 0.377 e. The number of allylic oxidation sites excluding steroid dienone is 2. The van der Waals surface area contributed by atoms with Crippen LogP contribution in [0.5, 0.6) is 0 Å². The van der Waals surface area contributed by atoms with Gasteiger partial charge in [0.25, 0.3) is 0 Å². The lowest BCUT2D eigenvalue weighted by Crippen LogP contribution is -2.25. The molecule has 4 rings (SSSR count). The predicted octanol–water partition coefficient (Wildman–Crippen LogP) is 5.03. The molecule has 28 heavy (non-hydrogen) atoms. The molecule has 2 aliphatic rings. The van der Waals surface area contributed by atoms with Gasteiger partial charge in [-0.3, -0.25) is 4.98 Å². The van der Waals surface area contributed by atoms with Gasteiger partial charge in [-0.15, -0.1) is 0 Å². The lowest BCUT2D eigenvalue weighted by atomic mass is 10.0. The Morgan fingerprint density at radius 1 is 1.21 bits per heavy atom. The SMILES string of the molecule is C=C(Nc1ccncc1)C1=CC=CN(C2CCc3c2cccc3N(C)C)C1=C. The number of aromatic nitrogens is 1. The van der Waals surface area contributed by atoms with E-state index in [0.29, 0.717) is 6.04 Å². The Morgan fingerprint density at radius 3 is 2.75 bits per heavy atom. The van der Waals surface area contributed by atoms with Gasteiger partial charge in [-0.1, -0.05) is 25.3 Å². The van der Waals surface area contributed by atoms with E-state index in [0.717, 1.165) is 35.5 Å². The molecule has 0 spiro atoms. The third kappa shape index (κ3) is 3.22. The lowest BCUT2D eigenvalue weighted by molar-refractivity contribution is 0.349. The van der Waals surface area contributed by atoms with Gasteiger partial charge in [0.2, 0.25) is 0 Å². The number of hydrogen-bond acceptors (Lipinski definition) is 4. The number of benzene rings is 1. The van der Waals surface area contributed by atoms with Crippen molar-refractivity contribution >= 4 is 11.4 Å². The van der Waals surface area contributed by atoms with E-state index < -0.39 is 0 Å². The monoisotopic (exact) mass is 370 g/mol. The molecule has 1 atom stereocenters. The van der Waals surface area contributed by atoms with Crippen molar-refractivity contribution in [1.29, 1.82) is 0 Å². The molecule has 0 fully saturated rings. The van der Waals surface area contributed by atoms with Gasteiger partial charge < -0.3 is 15.1 Å². The fraction of sp³-hybridized carbons (Fsp3) is 0.208. The van der Waals surface area contributed by atoms with E-state index in [1.54, 1.807) is 12.4 Å². The second kappa shape index (κ2) is 7.39. The fourth-order valence-corrected chi connectivity index (χ4v) is 4.12. The Labute approximate surface area is 167 Å². The summed E-state index contributed by atoms with van der Waals surface area (Å²) in [6.07, 6.45) is 12.0. The zero-order chi connectivity index (χ0) is 19.7. The van der Waals surface area contributed by atoms with Crippen LogP contribution >= 0.6 is 0 Å². The van der Waals surface area contributed by atoms with Crippen LogP contribution in [-0.2, 0) is 6.42 Å². The maximum atomic E-state index is 4.40. The molecule has 1 aromatic heterocycles. The predicted molar refractivity (Wildman–Crippen MR) is 117 cm³/mol. The minimum atomic E-state index is 0.302. The highest BCUT2D eigenvalue weighted by Crippen LogP contribution is 2.43. The lowest BCUT2D eigenvalue weighted by Gasteiger charge is -2.34. The first-order valence-corrected chi connectivity index (χ1v) is 9.58. The first-order valence-electron chi connectivity index (χ1n) is 9.58. The van der Waals surface area contributed by atoms with Crippen LogP contribution in [0, 0.1) is 0 Å². The summed E-state index contributed by atoms with van der Waals surface area (Å²) in [5.74, 6) is 0. The molecule has 0 bridgehead atoms. The Kier molecular flexibility index (Phi) is 4.78. The van der Waals surface area contributed by atoms with Gasteiger partial charge >= 0.3 is 0 Å². The van der Waals surface area contributed by atoms with Gasteiger partial charge in [0.15, 0.2) is 0 Å². The molecule has 0 radical (unpaired) electrons. The zero-order valence-corrected chi connectivity index (χ0v) is 16.5. The van der Waals surface area contributed by atoms with Crippen molar-refractivity contribution in [2.45, 2.75) is 18.9 Å². The van der Waals surface area contributed by atoms with Gasteiger partial charge in [0.05, 0.1) is 6.04 Å². The van der Waals surface area contributed by atoms with Crippen LogP contribution in [0.15, 0.2) is 91.2 Å². The Morgan fingerprint density at radius 2 is 2.00 bits per heavy atom. The zero-order valence-electron chi connectivity index (χ0n) is 16.5. The second-order valence-electron chi connectivity index (χ2n) is 7.41. The van der Waals surface area contributed by atoms with Gasteiger partial charge in [-0.05, 0) is 54.3 Å². The average molecular weight is 371 g/mol. The quantitative estimate of drug-likeness (QED) is 0.800. The summed E-state index contributed by atoms with van der Waals surface area (Å²) in [6, 6.07) is 10.8. The minimum absolute atomic E-state index is 0.302. The third-order valence-corrected chi connectivity index (χ3v) is 5.46. The first-order chi connectivity index (χ1) is 13.6. The van der Waals surface area contributed by atoms with Crippen molar-refractivity contribution < 1.29 is 0 Å². The molecule has 2 aromatic rings. The van der Waals surface area contributed by atoms with Gasteiger partial charge in [0.1, 0.15) is 0 Å². The molecule has 4 nitrogen and oxygen atoms in total. The van der Waals surface area contributed by atoms with Crippen molar-refractivity contribution in [3.8, 4) is 0 Å². The van der Waals surface area contributed by atoms with Crippen molar-refractivity contribution in [3.05, 3.63) is 102 Å². The first kappa shape index (κ1) is 18.1. The van der Waals surface area contributed by atoms with Crippen molar-refractivity contribution in [2.75, 3.05) is 24.3 Å². The van der Waals surface area contributed by atoms with E-state index in [9.17, 15) is 0 Å². The summed E-state index contributed by atoms with van der Waals surface area (Å²) < 4.78 is 0. The maximum absolute atomic E-state index is 4.40. The minimum Gasteiger partial charge on any atom is -0.377 e. The van der Waals surface area contributed by atoms with E-state index in [1.807, 2.05) is 12.1 Å². The fourth-order valence-electron chi connectivity index (χ4n) is 4.12. The van der Waals surface area contributed by atoms with Crippen molar-refractivity contribution in [3.63, 3.8) is 0 Å². The number of pyridine rings is 1. The summed E-state index contributed by atoms with van der Waals surface area (Å²) in [4.78, 5) is 8.55. The highest BCUT2D eigenvalue weighted by molar-refractivity contribution is 5.61. The Bertz CT molecular complexity index is 969. The van der Waals surface area contributed by atoms with E-state index in [4.69, 9.17) is 0 Å². The molecule has 0 saturated heterocycles. The number of anilines is 2. The smallest absolute Gasteiger partial charge is 0.0592 e. The molecule has 1 aliphatic carbocycles. The van der Waals surface area contributed by atoms with Crippen LogP contribution in [0.2, 0.25) is 0 Å². The molecule has 2 heterocycles. The molecular formula is C24H26N4. The van der Waals surface area contributed by atoms with Gasteiger partial charge in [0, 0.05) is 61.0 Å². The summed E-state index contributed by atoms with van der Waals surface area (Å²) >= 11 is 0. The third-order valence-electron chi connectivity index (χ3n) is 5.46. The standard InChI is InChI=1S/C24H26N4/c1-17(26-19-12-14-25-15-13-19)20-8-6-16-28(18(20)2)24-11-10-22-21(24)7-5-9-23(22)27(3)4/h5-9,12-16,24H,1-2,10-11H2,3-4H3,(H,25,26). The highest BCUT2D eigenvalue weighted by atomic mass is 15.2. The normalized spacial score (nSPS) is 17.9. The van der Waals surface area contributed by atoms with E-state index in [1.165, 1.54) is 16.8 Å². The topological polar surface area (TPSA) is 31.4 Å². The molecule has 4 heteroatoms. The number of hydrogen-bond donors (Lipinski definition) is 1. The molecular weight excluding hydrogens is 344 g/mol. The Balaban J connectivity index is 1.57. The molecule has 142 valence electrons. The van der Waals surface area contributed by atoms with Crippen LogP contribution < -0.4 is 10.2 Å². The summed E-state index contributed by atoms with van der Waals surface area (Å²) in [5, 5.41) is 3.37. The number of rotatable bonds is 5. The summed E-state index contributed by atoms with van der Waals surface area (Å²) in [5.41, 5.74) is 7.96. The average Bonchev–Trinajstić information content (AvgIpc) is 3.12. The van der Waals surface area contributed by atoms with Crippen molar-refractivity contribution in [1.82, 2.24) is 9.88 Å². The maximum Gasteiger partial charge on any atom is 0.0592 e. The Hall–Kier alpha value is -3.27. The molecule has 0 amide bonds. The van der Waals surface area contributed by atoms with Crippen LogP contribution in [0.4, 0.5) is 11.4 Å². The van der Waals surface area contributed by atoms with Gasteiger partial charge in [-0.25, -0.2) is 0 Å². The summed E-state index contributed by atoms with van der Waals surface area (Å²) in [6.45, 7) is 8.64. The van der Waals surface area contributed by atoms with Crippen LogP contribution in [0.1, 0.15) is 23.6 Å². The molecule has 1 unspecified atom stereocenters. The van der Waals surface area contributed by atoms with E-state index >= 15 is 0 Å². The van der Waals surface area contributed by atoms with E-state index in [-0.39, 0.29) is 0 Å². The van der Waals surface area contributed by atoms with E-state index in [2.05, 4.69) is 83.9 Å². The van der Waals surface area contributed by atoms with Crippen LogP contribution in [0.25, 0.3) is 0 Å². The number of nitrogens with one attached hydrogen (secondary N) is 1. The summed E-state index contributed by atoms with van der Waals surface area (Å²) in [7, 11) is 4.22. The van der Waals surface area contributed by atoms with Gasteiger partial charge in [-0.2, -0.15) is 0 Å². The van der Waals surface area contributed by atoms with Crippen LogP contribution in [-0.4, -0.2) is 24.0 Å². The van der Waals surface area contributed by atoms with Crippen molar-refractivity contribution in [2.24, 2.45) is 0 Å². The number of nitrogens with zero attached hydrogens (tertiary/aromatic N) is 3. The number of fused-ring (bicyclic) bond motifs is 1. The molecule has 0 saturated carbocycles. The van der Waals surface area contributed by atoms with Crippen LogP contribution in [0.3, 0.4) is 0 Å². The molecule has 1 aromatic carbocycles. The molecule has 1 aliphatic heterocycles. The molecule has 1 N–H and O–H groups in total. The second-order valence-corrected chi connectivity index (χ2v) is 7.41. The highest BCUT2D eigenvalue weighted by Gasteiger charge is 2.31.